The van der Waals surface area contributed by atoms with E-state index in [0.29, 0.717) is 16.7 Å². The molecule has 1 unspecified atom stereocenters. The predicted octanol–water partition coefficient (Wildman–Crippen LogP) is 3.35. The minimum atomic E-state index is -4.21. The Hall–Kier alpha value is -0.650. The highest BCUT2D eigenvalue weighted by molar-refractivity contribution is 8.03. The van der Waals surface area contributed by atoms with Crippen LogP contribution >= 0.6 is 11.8 Å². The van der Waals surface area contributed by atoms with Gasteiger partial charge < -0.3 is 5.73 Å². The molecule has 0 aromatic rings. The van der Waals surface area contributed by atoms with Crippen LogP contribution in [0.25, 0.3) is 0 Å². The Kier molecular flexibility index (Phi) is 3.70. The minimum Gasteiger partial charge on any atom is -0.397 e. The molecule has 0 heterocycles. The minimum absolute atomic E-state index is 0.0576. The van der Waals surface area contributed by atoms with Crippen molar-refractivity contribution in [3.8, 4) is 0 Å². The second-order valence-electron chi connectivity index (χ2n) is 3.42. The third kappa shape index (κ3) is 3.77. The zero-order valence-corrected chi connectivity index (χ0v) is 8.88. The smallest absolute Gasteiger partial charge is 0.397 e. The zero-order chi connectivity index (χ0) is 11.6. The Morgan fingerprint density at radius 3 is 2.67 bits per heavy atom. The third-order valence-corrected chi connectivity index (χ3v) is 3.31. The lowest BCUT2D eigenvalue weighted by atomic mass is 10.0. The maximum Gasteiger partial charge on any atom is 0.398 e. The highest BCUT2D eigenvalue weighted by atomic mass is 32.2. The maximum absolute atomic E-state index is 13.0. The van der Waals surface area contributed by atoms with Gasteiger partial charge >= 0.3 is 6.18 Å². The second kappa shape index (κ2) is 4.47. The first kappa shape index (κ1) is 12.4. The van der Waals surface area contributed by atoms with Gasteiger partial charge in [0, 0.05) is 6.42 Å². The molecular weight excluding hydrogens is 230 g/mol. The number of alkyl halides is 3. The molecule has 1 atom stereocenters. The van der Waals surface area contributed by atoms with Gasteiger partial charge in [0.15, 0.2) is 0 Å². The van der Waals surface area contributed by atoms with E-state index >= 15 is 0 Å². The maximum atomic E-state index is 13.0. The molecular formula is C9H11F4NS. The van der Waals surface area contributed by atoms with Crippen LogP contribution in [-0.2, 0) is 0 Å². The first-order valence-corrected chi connectivity index (χ1v) is 5.33. The van der Waals surface area contributed by atoms with Crippen LogP contribution < -0.4 is 5.73 Å². The van der Waals surface area contributed by atoms with E-state index in [9.17, 15) is 17.6 Å². The van der Waals surface area contributed by atoms with Gasteiger partial charge in [-0.25, -0.2) is 4.39 Å². The highest BCUT2D eigenvalue weighted by Crippen LogP contribution is 2.37. The number of hydrogen-bond acceptors (Lipinski definition) is 2. The fourth-order valence-electron chi connectivity index (χ4n) is 1.21. The van der Waals surface area contributed by atoms with Gasteiger partial charge in [0.25, 0.3) is 0 Å². The van der Waals surface area contributed by atoms with Gasteiger partial charge in [-0.1, -0.05) is 6.92 Å². The first-order chi connectivity index (χ1) is 6.79. The van der Waals surface area contributed by atoms with E-state index in [1.54, 1.807) is 6.92 Å². The summed E-state index contributed by atoms with van der Waals surface area (Å²) < 4.78 is 48.8. The molecule has 6 heteroatoms. The van der Waals surface area contributed by atoms with Crippen molar-refractivity contribution in [2.45, 2.75) is 19.5 Å². The highest BCUT2D eigenvalue weighted by Gasteiger charge is 2.29. The van der Waals surface area contributed by atoms with E-state index in [1.165, 1.54) is 6.08 Å². The van der Waals surface area contributed by atoms with Crippen molar-refractivity contribution in [2.75, 3.05) is 5.75 Å². The molecule has 1 rings (SSSR count). The van der Waals surface area contributed by atoms with Crippen molar-refractivity contribution in [1.29, 1.82) is 0 Å². The van der Waals surface area contributed by atoms with Gasteiger partial charge in [0.05, 0.1) is 11.4 Å². The zero-order valence-electron chi connectivity index (χ0n) is 8.07. The lowest BCUT2D eigenvalue weighted by molar-refractivity contribution is -0.105. The number of halogens is 4. The molecule has 0 saturated heterocycles. The SMILES string of the molecule is CC1CC(F)=C(N)C=C1SCC(F)(F)F. The van der Waals surface area contributed by atoms with Crippen LogP contribution in [0.15, 0.2) is 22.5 Å². The third-order valence-electron chi connectivity index (χ3n) is 1.98. The van der Waals surface area contributed by atoms with Crippen LogP contribution in [0.4, 0.5) is 17.6 Å². The standard InChI is InChI=1S/C9H11F4NS/c1-5-2-6(10)7(14)3-8(5)15-4-9(11,12)13/h3,5H,2,4,14H2,1H3. The lowest BCUT2D eigenvalue weighted by Crippen LogP contribution is -2.14. The molecule has 0 radical (unpaired) electrons. The molecule has 0 bridgehead atoms. The van der Waals surface area contributed by atoms with Gasteiger partial charge in [0.1, 0.15) is 5.83 Å². The van der Waals surface area contributed by atoms with Crippen LogP contribution in [0.3, 0.4) is 0 Å². The van der Waals surface area contributed by atoms with Crippen molar-refractivity contribution < 1.29 is 17.6 Å². The van der Waals surface area contributed by atoms with Crippen molar-refractivity contribution >= 4 is 11.8 Å². The first-order valence-electron chi connectivity index (χ1n) is 4.35. The van der Waals surface area contributed by atoms with Gasteiger partial charge in [-0.15, -0.1) is 11.8 Å². The number of rotatable bonds is 2. The number of thioether (sulfide) groups is 1. The molecule has 0 aromatic heterocycles. The summed E-state index contributed by atoms with van der Waals surface area (Å²) in [4.78, 5) is 0.492. The topological polar surface area (TPSA) is 26.0 Å². The molecule has 0 spiro atoms. The summed E-state index contributed by atoms with van der Waals surface area (Å²) in [5.41, 5.74) is 5.25. The summed E-state index contributed by atoms with van der Waals surface area (Å²) in [5.74, 6) is -1.64. The van der Waals surface area contributed by atoms with E-state index in [4.69, 9.17) is 5.73 Å². The Labute approximate surface area is 89.4 Å². The molecule has 2 N–H and O–H groups in total. The van der Waals surface area contributed by atoms with Crippen LogP contribution in [-0.4, -0.2) is 11.9 Å². The fraction of sp³-hybridized carbons (Fsp3) is 0.556. The predicted molar refractivity (Wildman–Crippen MR) is 52.7 cm³/mol. The van der Waals surface area contributed by atoms with Crippen molar-refractivity contribution in [3.05, 3.63) is 22.5 Å². The van der Waals surface area contributed by atoms with Gasteiger partial charge in [-0.05, 0) is 16.9 Å². The summed E-state index contributed by atoms with van der Waals surface area (Å²) in [6.45, 7) is 1.68. The second-order valence-corrected chi connectivity index (χ2v) is 4.46. The van der Waals surface area contributed by atoms with Crippen LogP contribution in [0.5, 0.6) is 0 Å². The Balaban J connectivity index is 2.66. The monoisotopic (exact) mass is 241 g/mol. The van der Waals surface area contributed by atoms with E-state index < -0.39 is 17.8 Å². The van der Waals surface area contributed by atoms with E-state index in [-0.39, 0.29) is 18.0 Å². The fourth-order valence-corrected chi connectivity index (χ4v) is 2.12. The number of allylic oxidation sites excluding steroid dienone is 3. The Bertz CT molecular complexity index is 306. The number of hydrogen-bond donors (Lipinski definition) is 1. The summed E-state index contributed by atoms with van der Waals surface area (Å²) in [6.07, 6.45) is -2.83. The average molecular weight is 241 g/mol. The van der Waals surface area contributed by atoms with Crippen molar-refractivity contribution in [3.63, 3.8) is 0 Å². The molecule has 0 saturated carbocycles. The molecule has 1 aliphatic carbocycles. The quantitative estimate of drug-likeness (QED) is 0.750. The number of nitrogens with two attached hydrogens (primary N) is 1. The summed E-state index contributed by atoms with van der Waals surface area (Å²) in [6, 6.07) is 0. The van der Waals surface area contributed by atoms with E-state index in [1.807, 2.05) is 0 Å². The van der Waals surface area contributed by atoms with Gasteiger partial charge in [0.2, 0.25) is 0 Å². The normalized spacial score (nSPS) is 23.0. The molecule has 0 fully saturated rings. The molecule has 0 aromatic carbocycles. The summed E-state index contributed by atoms with van der Waals surface area (Å²) in [5, 5.41) is 0. The molecule has 1 nitrogen and oxygen atoms in total. The summed E-state index contributed by atoms with van der Waals surface area (Å²) in [7, 11) is 0. The Morgan fingerprint density at radius 2 is 2.13 bits per heavy atom. The van der Waals surface area contributed by atoms with Gasteiger partial charge in [-0.3, -0.25) is 0 Å². The molecule has 1 aliphatic rings. The van der Waals surface area contributed by atoms with Gasteiger partial charge in [-0.2, -0.15) is 13.2 Å². The lowest BCUT2D eigenvalue weighted by Gasteiger charge is -2.20. The van der Waals surface area contributed by atoms with E-state index in [0.717, 1.165) is 0 Å². The molecule has 86 valence electrons. The molecule has 15 heavy (non-hydrogen) atoms. The van der Waals surface area contributed by atoms with E-state index in [2.05, 4.69) is 0 Å². The summed E-state index contributed by atoms with van der Waals surface area (Å²) >= 11 is 0.673. The van der Waals surface area contributed by atoms with Crippen molar-refractivity contribution in [1.82, 2.24) is 0 Å². The Morgan fingerprint density at radius 1 is 1.53 bits per heavy atom. The van der Waals surface area contributed by atoms with Crippen LogP contribution in [0, 0.1) is 5.92 Å². The van der Waals surface area contributed by atoms with Crippen molar-refractivity contribution in [2.24, 2.45) is 11.7 Å². The van der Waals surface area contributed by atoms with Crippen LogP contribution in [0.1, 0.15) is 13.3 Å². The molecule has 0 amide bonds. The van der Waals surface area contributed by atoms with Crippen LogP contribution in [0.2, 0.25) is 0 Å². The largest absolute Gasteiger partial charge is 0.398 e. The average Bonchev–Trinajstić information content (AvgIpc) is 2.07. The molecule has 0 aliphatic heterocycles.